The summed E-state index contributed by atoms with van der Waals surface area (Å²) in [4.78, 5) is 27.9. The molecule has 2 aromatic carbocycles. The van der Waals surface area contributed by atoms with E-state index >= 15 is 0 Å². The number of benzene rings is 2. The molecule has 0 aliphatic heterocycles. The molecule has 0 spiro atoms. The number of carbonyl (C=O) groups excluding carboxylic acids is 2. The molecule has 2 rings (SSSR count). The highest BCUT2D eigenvalue weighted by Crippen LogP contribution is 2.21. The first-order chi connectivity index (χ1) is 13.6. The van der Waals surface area contributed by atoms with Crippen LogP contribution >= 0.6 is 35.6 Å². The van der Waals surface area contributed by atoms with Crippen LogP contribution < -0.4 is 0 Å². The molecular formula is C23H26Cl3NO2. The largest absolute Gasteiger partial charge is 0.300 e. The van der Waals surface area contributed by atoms with Crippen molar-refractivity contribution >= 4 is 47.2 Å². The number of rotatable bonds is 12. The molecule has 6 heteroatoms. The maximum atomic E-state index is 13.1. The van der Waals surface area contributed by atoms with E-state index in [1.54, 1.807) is 24.3 Å². The Labute approximate surface area is 189 Å². The Morgan fingerprint density at radius 3 is 1.83 bits per heavy atom. The first-order valence-corrected chi connectivity index (χ1v) is 10.3. The van der Waals surface area contributed by atoms with Gasteiger partial charge in [-0.1, -0.05) is 67.2 Å². The Hall–Kier alpha value is -1.65. The van der Waals surface area contributed by atoms with Gasteiger partial charge in [-0.2, -0.15) is 0 Å². The molecule has 3 nitrogen and oxygen atoms in total. The number of carbonyl (C=O) groups is 2. The van der Waals surface area contributed by atoms with Crippen LogP contribution in [0.5, 0.6) is 0 Å². The topological polar surface area (TPSA) is 37.4 Å². The predicted octanol–water partition coefficient (Wildman–Crippen LogP) is 5.52. The van der Waals surface area contributed by atoms with Crippen molar-refractivity contribution in [2.75, 3.05) is 31.4 Å². The SMILES string of the molecule is C=C(CC(CN(CCCl)CCCl)C(=O)c1ccccc1)C(=O)c1ccccc1.Cl. The van der Waals surface area contributed by atoms with Gasteiger partial charge in [0.15, 0.2) is 11.6 Å². The van der Waals surface area contributed by atoms with E-state index in [-0.39, 0.29) is 24.0 Å². The van der Waals surface area contributed by atoms with Crippen LogP contribution in [0.2, 0.25) is 0 Å². The fourth-order valence-corrected chi connectivity index (χ4v) is 3.59. The molecule has 0 bridgehead atoms. The average Bonchev–Trinajstić information content (AvgIpc) is 2.73. The number of nitrogens with zero attached hydrogens (tertiary/aromatic N) is 1. The van der Waals surface area contributed by atoms with Crippen LogP contribution in [0.4, 0.5) is 0 Å². The zero-order valence-corrected chi connectivity index (χ0v) is 18.6. The number of ketones is 2. The number of alkyl halides is 2. The van der Waals surface area contributed by atoms with Crippen molar-refractivity contribution in [3.8, 4) is 0 Å². The van der Waals surface area contributed by atoms with Crippen molar-refractivity contribution in [2.45, 2.75) is 6.42 Å². The Bertz CT molecular complexity index is 775. The van der Waals surface area contributed by atoms with Gasteiger partial charge in [0.2, 0.25) is 0 Å². The summed E-state index contributed by atoms with van der Waals surface area (Å²) in [6.07, 6.45) is 0.294. The molecule has 0 aromatic heterocycles. The van der Waals surface area contributed by atoms with E-state index < -0.39 is 5.92 Å². The minimum absolute atomic E-state index is 0. The van der Waals surface area contributed by atoms with E-state index in [4.69, 9.17) is 23.2 Å². The lowest BCUT2D eigenvalue weighted by molar-refractivity contribution is 0.0880. The summed E-state index contributed by atoms with van der Waals surface area (Å²) in [5.74, 6) is 0.374. The molecule has 0 aliphatic rings. The summed E-state index contributed by atoms with van der Waals surface area (Å²) >= 11 is 11.8. The van der Waals surface area contributed by atoms with E-state index in [1.807, 2.05) is 36.4 Å². The standard InChI is InChI=1S/C23H25Cl2NO2.ClH/c1-18(22(27)19-8-4-2-5-9-19)16-21(17-26(14-12-24)15-13-25)23(28)20-10-6-3-7-11-20;/h2-11,21H,1,12-17H2;1H. The van der Waals surface area contributed by atoms with Crippen molar-refractivity contribution in [1.82, 2.24) is 4.90 Å². The molecule has 0 aliphatic carbocycles. The second-order valence-corrected chi connectivity index (χ2v) is 7.36. The lowest BCUT2D eigenvalue weighted by Crippen LogP contribution is -2.36. The molecule has 0 amide bonds. The van der Waals surface area contributed by atoms with E-state index in [2.05, 4.69) is 11.5 Å². The number of allylic oxidation sites excluding steroid dienone is 1. The van der Waals surface area contributed by atoms with Crippen LogP contribution in [-0.2, 0) is 0 Å². The van der Waals surface area contributed by atoms with Gasteiger partial charge < -0.3 is 4.90 Å². The van der Waals surface area contributed by atoms with Crippen molar-refractivity contribution in [1.29, 1.82) is 0 Å². The highest BCUT2D eigenvalue weighted by Gasteiger charge is 2.25. The summed E-state index contributed by atoms with van der Waals surface area (Å²) in [5, 5.41) is 0. The number of Topliss-reactive ketones (excluding diaryl/α,β-unsaturated/α-hetero) is 2. The Kier molecular flexibility index (Phi) is 11.9. The zero-order chi connectivity index (χ0) is 20.4. The quantitative estimate of drug-likeness (QED) is 0.241. The summed E-state index contributed by atoms with van der Waals surface area (Å²) < 4.78 is 0. The van der Waals surface area contributed by atoms with Gasteiger partial charge in [-0.25, -0.2) is 0 Å². The van der Waals surface area contributed by atoms with Gasteiger partial charge in [-0.3, -0.25) is 9.59 Å². The fraction of sp³-hybridized carbons (Fsp3) is 0.304. The molecule has 0 N–H and O–H groups in total. The third kappa shape index (κ3) is 7.94. The van der Waals surface area contributed by atoms with Crippen LogP contribution in [-0.4, -0.2) is 47.9 Å². The highest BCUT2D eigenvalue weighted by atomic mass is 35.5. The molecule has 0 saturated carbocycles. The first-order valence-electron chi connectivity index (χ1n) is 9.28. The number of hydrogen-bond acceptors (Lipinski definition) is 3. The summed E-state index contributed by atoms with van der Waals surface area (Å²) in [7, 11) is 0. The third-order valence-electron chi connectivity index (χ3n) is 4.56. The fourth-order valence-electron chi connectivity index (χ4n) is 3.11. The predicted molar refractivity (Wildman–Crippen MR) is 124 cm³/mol. The molecule has 0 radical (unpaired) electrons. The summed E-state index contributed by atoms with van der Waals surface area (Å²) in [6, 6.07) is 18.1. The van der Waals surface area contributed by atoms with E-state index in [0.717, 1.165) is 0 Å². The smallest absolute Gasteiger partial charge is 0.188 e. The van der Waals surface area contributed by atoms with Gasteiger partial charge in [0.25, 0.3) is 0 Å². The minimum Gasteiger partial charge on any atom is -0.300 e. The summed E-state index contributed by atoms with van der Waals surface area (Å²) in [5.41, 5.74) is 1.64. The van der Waals surface area contributed by atoms with Crippen molar-refractivity contribution < 1.29 is 9.59 Å². The molecule has 1 atom stereocenters. The second kappa shape index (κ2) is 13.6. The Morgan fingerprint density at radius 2 is 1.34 bits per heavy atom. The van der Waals surface area contributed by atoms with Crippen molar-refractivity contribution in [3.05, 3.63) is 83.9 Å². The third-order valence-corrected chi connectivity index (χ3v) is 4.90. The van der Waals surface area contributed by atoms with E-state index in [9.17, 15) is 9.59 Å². The van der Waals surface area contributed by atoms with Gasteiger partial charge in [0.05, 0.1) is 0 Å². The molecular weight excluding hydrogens is 429 g/mol. The monoisotopic (exact) mass is 453 g/mol. The molecule has 29 heavy (non-hydrogen) atoms. The van der Waals surface area contributed by atoms with Crippen LogP contribution in [0.25, 0.3) is 0 Å². The average molecular weight is 455 g/mol. The van der Waals surface area contributed by atoms with Crippen LogP contribution in [0.3, 0.4) is 0 Å². The molecule has 0 saturated heterocycles. The van der Waals surface area contributed by atoms with Crippen molar-refractivity contribution in [3.63, 3.8) is 0 Å². The molecule has 156 valence electrons. The minimum atomic E-state index is -0.394. The molecule has 0 fully saturated rings. The van der Waals surface area contributed by atoms with Crippen LogP contribution in [0.15, 0.2) is 72.8 Å². The Balaban J connectivity index is 0.00000420. The Morgan fingerprint density at radius 1 is 0.862 bits per heavy atom. The normalized spacial score (nSPS) is 11.6. The molecule has 2 aromatic rings. The van der Waals surface area contributed by atoms with Crippen LogP contribution in [0.1, 0.15) is 27.1 Å². The van der Waals surface area contributed by atoms with Gasteiger partial charge in [0, 0.05) is 48.4 Å². The second-order valence-electron chi connectivity index (χ2n) is 6.61. The number of hydrogen-bond donors (Lipinski definition) is 0. The zero-order valence-electron chi connectivity index (χ0n) is 16.2. The van der Waals surface area contributed by atoms with E-state index in [0.29, 0.717) is 54.5 Å². The molecule has 1 unspecified atom stereocenters. The highest BCUT2D eigenvalue weighted by molar-refractivity contribution is 6.18. The lowest BCUT2D eigenvalue weighted by atomic mass is 9.88. The maximum Gasteiger partial charge on any atom is 0.188 e. The van der Waals surface area contributed by atoms with Gasteiger partial charge in [-0.15, -0.1) is 35.6 Å². The first kappa shape index (κ1) is 25.4. The lowest BCUT2D eigenvalue weighted by Gasteiger charge is -2.26. The number of halogens is 3. The maximum absolute atomic E-state index is 13.1. The van der Waals surface area contributed by atoms with E-state index in [1.165, 1.54) is 0 Å². The molecule has 0 heterocycles. The van der Waals surface area contributed by atoms with Gasteiger partial charge in [-0.05, 0) is 12.0 Å². The van der Waals surface area contributed by atoms with Crippen molar-refractivity contribution in [2.24, 2.45) is 5.92 Å². The van der Waals surface area contributed by atoms with Gasteiger partial charge in [0.1, 0.15) is 0 Å². The van der Waals surface area contributed by atoms with Gasteiger partial charge >= 0.3 is 0 Å². The summed E-state index contributed by atoms with van der Waals surface area (Å²) in [6.45, 7) is 5.72. The van der Waals surface area contributed by atoms with Crippen LogP contribution in [0, 0.1) is 5.92 Å².